The fraction of sp³-hybridized carbons (Fsp3) is 0.0667. The molecule has 0 aromatic heterocycles. The maximum atomic E-state index is 10.8. The fourth-order valence-corrected chi connectivity index (χ4v) is 1.86. The number of benzene rings is 2. The number of ether oxygens (including phenoxy) is 1. The van der Waals surface area contributed by atoms with E-state index in [4.69, 9.17) is 22.1 Å². The first-order valence-electron chi connectivity index (χ1n) is 6.39. The molecule has 0 unspecified atom stereocenters. The summed E-state index contributed by atoms with van der Waals surface area (Å²) in [6, 6.07) is 13.7. The molecule has 0 saturated heterocycles. The van der Waals surface area contributed by atoms with Crippen molar-refractivity contribution in [3.05, 3.63) is 54.1 Å². The van der Waals surface area contributed by atoms with Crippen molar-refractivity contribution in [2.75, 3.05) is 17.9 Å². The molecule has 4 N–H and O–H groups in total. The van der Waals surface area contributed by atoms with Crippen molar-refractivity contribution in [3.8, 4) is 5.75 Å². The highest BCUT2D eigenvalue weighted by Gasteiger charge is 2.02. The number of anilines is 2. The Morgan fingerprint density at radius 2 is 1.86 bits per heavy atom. The summed E-state index contributed by atoms with van der Waals surface area (Å²) in [5.41, 5.74) is 7.41. The van der Waals surface area contributed by atoms with Crippen LogP contribution in [0.15, 0.2) is 48.5 Å². The second kappa shape index (κ2) is 7.28. The van der Waals surface area contributed by atoms with Crippen molar-refractivity contribution in [2.24, 2.45) is 0 Å². The first-order valence-corrected chi connectivity index (χ1v) is 6.80. The fourth-order valence-electron chi connectivity index (χ4n) is 1.69. The van der Waals surface area contributed by atoms with Gasteiger partial charge in [0.2, 0.25) is 0 Å². The number of carboxylic acid groups (broad SMARTS) is 1. The number of hydrogen-bond acceptors (Lipinski definition) is 4. The Hall–Kier alpha value is -2.80. The van der Waals surface area contributed by atoms with E-state index >= 15 is 0 Å². The van der Waals surface area contributed by atoms with Gasteiger partial charge in [-0.05, 0) is 48.6 Å². The molecule has 0 aliphatic heterocycles. The molecule has 22 heavy (non-hydrogen) atoms. The largest absolute Gasteiger partial charge is 0.497 e. The van der Waals surface area contributed by atoms with Gasteiger partial charge < -0.3 is 15.2 Å². The number of methoxy groups -OCH3 is 1. The van der Waals surface area contributed by atoms with Crippen LogP contribution >= 0.6 is 12.2 Å². The van der Waals surface area contributed by atoms with Gasteiger partial charge >= 0.3 is 5.97 Å². The van der Waals surface area contributed by atoms with Gasteiger partial charge in [-0.3, -0.25) is 10.9 Å². The molecule has 114 valence electrons. The van der Waals surface area contributed by atoms with Crippen molar-refractivity contribution < 1.29 is 14.6 Å². The average Bonchev–Trinajstić information content (AvgIpc) is 2.53. The van der Waals surface area contributed by atoms with Crippen molar-refractivity contribution in [1.82, 2.24) is 5.43 Å². The number of nitrogens with one attached hydrogen (secondary N) is 3. The van der Waals surface area contributed by atoms with E-state index in [0.717, 1.165) is 11.4 Å². The molecular weight excluding hydrogens is 302 g/mol. The van der Waals surface area contributed by atoms with E-state index in [-0.39, 0.29) is 5.56 Å². The van der Waals surface area contributed by atoms with Crippen molar-refractivity contribution >= 4 is 34.7 Å². The number of hydrogen-bond donors (Lipinski definition) is 4. The van der Waals surface area contributed by atoms with E-state index in [2.05, 4.69) is 16.2 Å². The lowest BCUT2D eigenvalue weighted by Gasteiger charge is -2.13. The van der Waals surface area contributed by atoms with Gasteiger partial charge in [0.25, 0.3) is 0 Å². The van der Waals surface area contributed by atoms with Gasteiger partial charge in [0.15, 0.2) is 5.11 Å². The highest BCUT2D eigenvalue weighted by atomic mass is 32.1. The van der Waals surface area contributed by atoms with E-state index in [9.17, 15) is 4.79 Å². The van der Waals surface area contributed by atoms with Crippen LogP contribution in [0.4, 0.5) is 11.4 Å². The summed E-state index contributed by atoms with van der Waals surface area (Å²) >= 11 is 5.16. The molecule has 0 aliphatic carbocycles. The summed E-state index contributed by atoms with van der Waals surface area (Å²) in [6.45, 7) is 0. The van der Waals surface area contributed by atoms with E-state index in [1.165, 1.54) is 12.1 Å². The molecule has 2 aromatic rings. The molecule has 2 rings (SSSR count). The molecule has 2 aromatic carbocycles. The van der Waals surface area contributed by atoms with Gasteiger partial charge in [-0.1, -0.05) is 6.07 Å². The minimum atomic E-state index is -0.963. The number of thiocarbonyl (C=S) groups is 1. The molecule has 0 heterocycles. The first-order chi connectivity index (χ1) is 10.6. The predicted molar refractivity (Wildman–Crippen MR) is 89.4 cm³/mol. The number of aromatic carboxylic acids is 1. The first kappa shape index (κ1) is 15.6. The molecule has 0 atom stereocenters. The number of carboxylic acids is 1. The number of rotatable bonds is 5. The lowest BCUT2D eigenvalue weighted by atomic mass is 10.2. The van der Waals surface area contributed by atoms with Gasteiger partial charge in [0, 0.05) is 11.8 Å². The van der Waals surface area contributed by atoms with Gasteiger partial charge in [0.1, 0.15) is 5.75 Å². The predicted octanol–water partition coefficient (Wildman–Crippen LogP) is 2.71. The third-order valence-corrected chi connectivity index (χ3v) is 2.98. The van der Waals surface area contributed by atoms with Crippen molar-refractivity contribution in [3.63, 3.8) is 0 Å². The quantitative estimate of drug-likeness (QED) is 0.498. The topological polar surface area (TPSA) is 82.6 Å². The van der Waals surface area contributed by atoms with Gasteiger partial charge in [-0.2, -0.15) is 0 Å². The minimum Gasteiger partial charge on any atom is -0.497 e. The van der Waals surface area contributed by atoms with Crippen LogP contribution in [0, 0.1) is 0 Å². The van der Waals surface area contributed by atoms with Crippen LogP contribution in [0.5, 0.6) is 5.75 Å². The zero-order valence-corrected chi connectivity index (χ0v) is 12.6. The Labute approximate surface area is 133 Å². The number of carbonyl (C=O) groups is 1. The lowest BCUT2D eigenvalue weighted by molar-refractivity contribution is 0.0697. The monoisotopic (exact) mass is 317 g/mol. The van der Waals surface area contributed by atoms with Crippen LogP contribution in [0.25, 0.3) is 0 Å². The third-order valence-electron chi connectivity index (χ3n) is 2.78. The molecule has 6 nitrogen and oxygen atoms in total. The molecule has 0 spiro atoms. The summed E-state index contributed by atoms with van der Waals surface area (Å²) < 4.78 is 5.13. The van der Waals surface area contributed by atoms with Gasteiger partial charge in [0.05, 0.1) is 18.4 Å². The molecule has 0 aliphatic rings. The van der Waals surface area contributed by atoms with Gasteiger partial charge in [-0.15, -0.1) is 0 Å². The van der Waals surface area contributed by atoms with E-state index in [1.807, 2.05) is 24.3 Å². The average molecular weight is 317 g/mol. The Bertz CT molecular complexity index is 674. The van der Waals surface area contributed by atoms with Crippen LogP contribution in [0.1, 0.15) is 10.4 Å². The smallest absolute Gasteiger partial charge is 0.335 e. The van der Waals surface area contributed by atoms with Gasteiger partial charge in [-0.25, -0.2) is 4.79 Å². The van der Waals surface area contributed by atoms with Crippen LogP contribution in [0.2, 0.25) is 0 Å². The lowest BCUT2D eigenvalue weighted by Crippen LogP contribution is -2.33. The Kier molecular flexibility index (Phi) is 5.16. The zero-order valence-electron chi connectivity index (χ0n) is 11.8. The zero-order chi connectivity index (χ0) is 15.9. The Morgan fingerprint density at radius 3 is 2.50 bits per heavy atom. The summed E-state index contributed by atoms with van der Waals surface area (Å²) in [4.78, 5) is 10.8. The van der Waals surface area contributed by atoms with Crippen LogP contribution < -0.4 is 20.9 Å². The van der Waals surface area contributed by atoms with E-state index in [0.29, 0.717) is 10.8 Å². The molecule has 0 amide bonds. The van der Waals surface area contributed by atoms with Crippen LogP contribution in [-0.4, -0.2) is 23.3 Å². The molecule has 0 saturated carbocycles. The molecule has 0 bridgehead atoms. The van der Waals surface area contributed by atoms with Crippen molar-refractivity contribution in [2.45, 2.75) is 0 Å². The SMILES string of the molecule is COc1cccc(NC(=S)NNc2ccc(C(=O)O)cc2)c1. The van der Waals surface area contributed by atoms with E-state index in [1.54, 1.807) is 19.2 Å². The van der Waals surface area contributed by atoms with Crippen LogP contribution in [0.3, 0.4) is 0 Å². The highest BCUT2D eigenvalue weighted by molar-refractivity contribution is 7.80. The second-order valence-corrected chi connectivity index (χ2v) is 4.73. The molecule has 0 radical (unpaired) electrons. The summed E-state index contributed by atoms with van der Waals surface area (Å²) in [7, 11) is 1.60. The molecule has 7 heteroatoms. The summed E-state index contributed by atoms with van der Waals surface area (Å²) in [6.07, 6.45) is 0. The molecular formula is C15H15N3O3S. The normalized spacial score (nSPS) is 9.68. The summed E-state index contributed by atoms with van der Waals surface area (Å²) in [5, 5.41) is 12.2. The Balaban J connectivity index is 1.88. The van der Waals surface area contributed by atoms with Crippen LogP contribution in [-0.2, 0) is 0 Å². The minimum absolute atomic E-state index is 0.225. The maximum Gasteiger partial charge on any atom is 0.335 e. The maximum absolute atomic E-state index is 10.8. The van der Waals surface area contributed by atoms with E-state index < -0.39 is 5.97 Å². The second-order valence-electron chi connectivity index (χ2n) is 4.32. The summed E-state index contributed by atoms with van der Waals surface area (Å²) in [5.74, 6) is -0.236. The highest BCUT2D eigenvalue weighted by Crippen LogP contribution is 2.16. The Morgan fingerprint density at radius 1 is 1.14 bits per heavy atom. The third kappa shape index (κ3) is 4.35. The standard InChI is InChI=1S/C15H15N3O3S/c1-21-13-4-2-3-12(9-13)16-15(22)18-17-11-7-5-10(6-8-11)14(19)20/h2-9,17H,1H3,(H,19,20)(H2,16,18,22). The van der Waals surface area contributed by atoms with Crippen molar-refractivity contribution in [1.29, 1.82) is 0 Å². The molecule has 0 fully saturated rings. The number of hydrazine groups is 1.